The third-order valence-corrected chi connectivity index (χ3v) is 2.92. The lowest BCUT2D eigenvalue weighted by molar-refractivity contribution is -0.114. The normalized spacial score (nSPS) is 12.5. The molecule has 1 atom stereocenters. The van der Waals surface area contributed by atoms with Gasteiger partial charge in [-0.25, -0.2) is 0 Å². The van der Waals surface area contributed by atoms with E-state index in [9.17, 15) is 9.59 Å². The molecule has 0 aromatic heterocycles. The van der Waals surface area contributed by atoms with Crippen molar-refractivity contribution in [3.05, 3.63) is 0 Å². The Labute approximate surface area is 84.5 Å². The van der Waals surface area contributed by atoms with E-state index < -0.39 is 0 Å². The number of unbranched alkanes of at least 4 members (excludes halogenated alkanes) is 1. The standard InChI is InChI=1S/C10H18O2S/c1-9(7-11)5-3-4-6-13-8-10(2)12/h7,9H,3-6,8H2,1-2H3. The highest BCUT2D eigenvalue weighted by molar-refractivity contribution is 7.99. The van der Waals surface area contributed by atoms with Crippen molar-refractivity contribution >= 4 is 23.8 Å². The first-order valence-corrected chi connectivity index (χ1v) is 5.84. The van der Waals surface area contributed by atoms with E-state index in [0.29, 0.717) is 5.75 Å². The largest absolute Gasteiger partial charge is 0.303 e. The van der Waals surface area contributed by atoms with Gasteiger partial charge in [0.25, 0.3) is 0 Å². The second-order valence-corrected chi connectivity index (χ2v) is 4.47. The fourth-order valence-electron chi connectivity index (χ4n) is 0.954. The lowest BCUT2D eigenvalue weighted by Gasteiger charge is -2.02. The monoisotopic (exact) mass is 202 g/mol. The number of rotatable bonds is 8. The Balaban J connectivity index is 3.08. The number of hydrogen-bond donors (Lipinski definition) is 0. The van der Waals surface area contributed by atoms with Crippen molar-refractivity contribution in [1.29, 1.82) is 0 Å². The topological polar surface area (TPSA) is 34.1 Å². The molecule has 0 aliphatic carbocycles. The first-order valence-electron chi connectivity index (χ1n) is 4.69. The summed E-state index contributed by atoms with van der Waals surface area (Å²) in [4.78, 5) is 20.8. The van der Waals surface area contributed by atoms with Crippen LogP contribution >= 0.6 is 11.8 Å². The SMILES string of the molecule is CC(=O)CSCCCCC(C)C=O. The number of carbonyl (C=O) groups is 2. The molecule has 0 fully saturated rings. The maximum Gasteiger partial charge on any atom is 0.139 e. The molecule has 1 unspecified atom stereocenters. The molecule has 0 bridgehead atoms. The number of aldehydes is 1. The van der Waals surface area contributed by atoms with Crippen LogP contribution in [0.3, 0.4) is 0 Å². The number of thioether (sulfide) groups is 1. The van der Waals surface area contributed by atoms with E-state index in [0.717, 1.165) is 31.3 Å². The van der Waals surface area contributed by atoms with Gasteiger partial charge in [-0.3, -0.25) is 4.79 Å². The number of carbonyl (C=O) groups excluding carboxylic acids is 2. The zero-order valence-electron chi connectivity index (χ0n) is 8.41. The first-order chi connectivity index (χ1) is 6.16. The van der Waals surface area contributed by atoms with E-state index in [-0.39, 0.29) is 11.7 Å². The molecule has 76 valence electrons. The molecule has 0 spiro atoms. The van der Waals surface area contributed by atoms with Gasteiger partial charge in [-0.05, 0) is 25.5 Å². The highest BCUT2D eigenvalue weighted by Crippen LogP contribution is 2.09. The summed E-state index contributed by atoms with van der Waals surface area (Å²) in [6.45, 7) is 3.55. The summed E-state index contributed by atoms with van der Waals surface area (Å²) in [6.07, 6.45) is 4.17. The van der Waals surface area contributed by atoms with Crippen LogP contribution in [0.1, 0.15) is 33.1 Å². The van der Waals surface area contributed by atoms with Gasteiger partial charge >= 0.3 is 0 Å². The molecule has 13 heavy (non-hydrogen) atoms. The van der Waals surface area contributed by atoms with Crippen molar-refractivity contribution in [3.63, 3.8) is 0 Å². The molecule has 0 saturated heterocycles. The van der Waals surface area contributed by atoms with Gasteiger partial charge in [-0.2, -0.15) is 11.8 Å². The van der Waals surface area contributed by atoms with Crippen LogP contribution in [0, 0.1) is 5.92 Å². The fraction of sp³-hybridized carbons (Fsp3) is 0.800. The van der Waals surface area contributed by atoms with Crippen LogP contribution in [0.4, 0.5) is 0 Å². The molecule has 0 radical (unpaired) electrons. The second kappa shape index (κ2) is 8.30. The van der Waals surface area contributed by atoms with Crippen LogP contribution in [0.2, 0.25) is 0 Å². The summed E-state index contributed by atoms with van der Waals surface area (Å²) >= 11 is 1.68. The molecule has 2 nitrogen and oxygen atoms in total. The maximum atomic E-state index is 10.6. The van der Waals surface area contributed by atoms with Gasteiger partial charge in [0.05, 0.1) is 5.75 Å². The van der Waals surface area contributed by atoms with Crippen LogP contribution in [0.15, 0.2) is 0 Å². The van der Waals surface area contributed by atoms with Crippen LogP contribution in [-0.4, -0.2) is 23.6 Å². The summed E-state index contributed by atoms with van der Waals surface area (Å²) in [6, 6.07) is 0. The molecule has 0 saturated carbocycles. The Morgan fingerprint density at radius 1 is 1.46 bits per heavy atom. The van der Waals surface area contributed by atoms with Gasteiger partial charge in [0.15, 0.2) is 0 Å². The third kappa shape index (κ3) is 9.61. The van der Waals surface area contributed by atoms with Crippen molar-refractivity contribution in [1.82, 2.24) is 0 Å². The Kier molecular flexibility index (Phi) is 8.10. The lowest BCUT2D eigenvalue weighted by atomic mass is 10.1. The molecule has 0 amide bonds. The zero-order valence-corrected chi connectivity index (χ0v) is 9.23. The first kappa shape index (κ1) is 12.7. The lowest BCUT2D eigenvalue weighted by Crippen LogP contribution is -1.97. The van der Waals surface area contributed by atoms with Gasteiger partial charge in [0, 0.05) is 5.92 Å². The average Bonchev–Trinajstić information content (AvgIpc) is 2.10. The van der Waals surface area contributed by atoms with Crippen molar-refractivity contribution in [3.8, 4) is 0 Å². The molecule has 0 rings (SSSR count). The number of hydrogen-bond acceptors (Lipinski definition) is 3. The van der Waals surface area contributed by atoms with E-state index in [1.165, 1.54) is 0 Å². The van der Waals surface area contributed by atoms with Gasteiger partial charge in [0.1, 0.15) is 12.1 Å². The van der Waals surface area contributed by atoms with Gasteiger partial charge in [-0.15, -0.1) is 0 Å². The van der Waals surface area contributed by atoms with Crippen molar-refractivity contribution in [2.24, 2.45) is 5.92 Å². The van der Waals surface area contributed by atoms with Crippen molar-refractivity contribution < 1.29 is 9.59 Å². The van der Waals surface area contributed by atoms with E-state index in [2.05, 4.69) is 0 Å². The quantitative estimate of drug-likeness (QED) is 0.447. The summed E-state index contributed by atoms with van der Waals surface area (Å²) in [5, 5.41) is 0. The van der Waals surface area contributed by atoms with Gasteiger partial charge in [0.2, 0.25) is 0 Å². The second-order valence-electron chi connectivity index (χ2n) is 3.36. The van der Waals surface area contributed by atoms with E-state index in [1.807, 2.05) is 6.92 Å². The molecule has 0 aromatic carbocycles. The van der Waals surface area contributed by atoms with Crippen LogP contribution < -0.4 is 0 Å². The number of ketones is 1. The summed E-state index contributed by atoms with van der Waals surface area (Å²) in [7, 11) is 0. The minimum absolute atomic E-state index is 0.192. The molecule has 3 heteroatoms. The minimum Gasteiger partial charge on any atom is -0.303 e. The van der Waals surface area contributed by atoms with E-state index in [4.69, 9.17) is 0 Å². The Morgan fingerprint density at radius 3 is 2.69 bits per heavy atom. The van der Waals surface area contributed by atoms with Crippen LogP contribution in [0.5, 0.6) is 0 Å². The molecule has 0 N–H and O–H groups in total. The molecular weight excluding hydrogens is 184 g/mol. The highest BCUT2D eigenvalue weighted by Gasteiger charge is 1.99. The van der Waals surface area contributed by atoms with Crippen molar-refractivity contribution in [2.75, 3.05) is 11.5 Å². The Bertz CT molecular complexity index is 157. The van der Waals surface area contributed by atoms with Gasteiger partial charge in [-0.1, -0.05) is 13.3 Å². The van der Waals surface area contributed by atoms with Crippen LogP contribution in [-0.2, 0) is 9.59 Å². The summed E-state index contributed by atoms with van der Waals surface area (Å²) in [5.74, 6) is 2.10. The Hall–Kier alpha value is -0.310. The molecule has 0 aliphatic rings. The minimum atomic E-state index is 0.192. The summed E-state index contributed by atoms with van der Waals surface area (Å²) < 4.78 is 0. The van der Waals surface area contributed by atoms with Crippen molar-refractivity contribution in [2.45, 2.75) is 33.1 Å². The van der Waals surface area contributed by atoms with Crippen LogP contribution in [0.25, 0.3) is 0 Å². The van der Waals surface area contributed by atoms with Gasteiger partial charge < -0.3 is 4.79 Å². The molecule has 0 aliphatic heterocycles. The molecule has 0 heterocycles. The zero-order chi connectivity index (χ0) is 10.1. The molecular formula is C10H18O2S. The third-order valence-electron chi connectivity index (χ3n) is 1.74. The highest BCUT2D eigenvalue weighted by atomic mass is 32.2. The van der Waals surface area contributed by atoms with E-state index >= 15 is 0 Å². The summed E-state index contributed by atoms with van der Waals surface area (Å²) in [5.41, 5.74) is 0. The maximum absolute atomic E-state index is 10.6. The average molecular weight is 202 g/mol. The smallest absolute Gasteiger partial charge is 0.139 e. The predicted molar refractivity (Wildman–Crippen MR) is 57.1 cm³/mol. The van der Waals surface area contributed by atoms with E-state index in [1.54, 1.807) is 18.7 Å². The predicted octanol–water partition coefficient (Wildman–Crippen LogP) is 2.31. The Morgan fingerprint density at radius 2 is 2.15 bits per heavy atom. The number of Topliss-reactive ketones (excluding diaryl/α,β-unsaturated/α-hetero) is 1. The molecule has 0 aromatic rings. The fourth-order valence-corrected chi connectivity index (χ4v) is 1.79.